The lowest BCUT2D eigenvalue weighted by Gasteiger charge is -2.22. The van der Waals surface area contributed by atoms with Crippen LogP contribution in [0.5, 0.6) is 0 Å². The zero-order valence-electron chi connectivity index (χ0n) is 31.9. The fraction of sp³-hybridized carbons (Fsp3) is 0.0769. The Bertz CT molecular complexity index is 2930. The molecule has 0 saturated heterocycles. The molecule has 7 aromatic carbocycles. The summed E-state index contributed by atoms with van der Waals surface area (Å²) in [6.45, 7) is 6.73. The number of rotatable bonds is 6. The van der Waals surface area contributed by atoms with Crippen molar-refractivity contribution < 1.29 is 0 Å². The molecule has 0 atom stereocenters. The summed E-state index contributed by atoms with van der Waals surface area (Å²) in [4.78, 5) is 10.3. The molecule has 0 bridgehead atoms. The van der Waals surface area contributed by atoms with Gasteiger partial charge in [-0.1, -0.05) is 130 Å². The quantitative estimate of drug-likeness (QED) is 0.171. The number of nitriles is 2. The minimum atomic E-state index is -0.0421. The van der Waals surface area contributed by atoms with Crippen LogP contribution in [0.15, 0.2) is 170 Å². The third-order valence-corrected chi connectivity index (χ3v) is 10.6. The minimum Gasteiger partial charge on any atom is -0.308 e. The summed E-state index contributed by atoms with van der Waals surface area (Å²) in [5.74, 6) is 0.620. The van der Waals surface area contributed by atoms with Crippen LogP contribution in [0.3, 0.4) is 0 Å². The van der Waals surface area contributed by atoms with Gasteiger partial charge < -0.3 is 4.57 Å². The van der Waals surface area contributed by atoms with Crippen LogP contribution >= 0.6 is 0 Å². The Labute approximate surface area is 332 Å². The predicted molar refractivity (Wildman–Crippen MR) is 232 cm³/mol. The Balaban J connectivity index is 1.43. The molecule has 57 heavy (non-hydrogen) atoms. The molecule has 0 N–H and O–H groups in total. The second-order valence-electron chi connectivity index (χ2n) is 15.3. The highest BCUT2D eigenvalue weighted by Crippen LogP contribution is 2.45. The maximum atomic E-state index is 10.1. The van der Waals surface area contributed by atoms with Crippen LogP contribution in [0.2, 0.25) is 0 Å². The second-order valence-corrected chi connectivity index (χ2v) is 15.3. The Morgan fingerprint density at radius 3 is 1.58 bits per heavy atom. The molecule has 9 rings (SSSR count). The van der Waals surface area contributed by atoms with Crippen LogP contribution in [0, 0.1) is 22.7 Å². The van der Waals surface area contributed by atoms with Gasteiger partial charge in [0.1, 0.15) is 0 Å². The summed E-state index contributed by atoms with van der Waals surface area (Å²) in [6, 6.07) is 62.3. The van der Waals surface area contributed by atoms with Gasteiger partial charge in [-0.15, -0.1) is 0 Å². The molecule has 0 aliphatic heterocycles. The Morgan fingerprint density at radius 1 is 0.456 bits per heavy atom. The van der Waals surface area contributed by atoms with E-state index in [0.29, 0.717) is 17.0 Å². The number of benzene rings is 7. The lowest BCUT2D eigenvalue weighted by molar-refractivity contribution is 0.591. The Hall–Kier alpha value is -7.60. The summed E-state index contributed by atoms with van der Waals surface area (Å²) in [5.41, 5.74) is 13.4. The first-order valence-electron chi connectivity index (χ1n) is 19.0. The molecule has 0 radical (unpaired) electrons. The molecule has 0 aliphatic carbocycles. The van der Waals surface area contributed by atoms with Gasteiger partial charge >= 0.3 is 0 Å². The van der Waals surface area contributed by atoms with Gasteiger partial charge in [0.15, 0.2) is 5.82 Å². The van der Waals surface area contributed by atoms with Gasteiger partial charge in [-0.25, -0.2) is 9.97 Å². The van der Waals surface area contributed by atoms with Crippen molar-refractivity contribution in [2.24, 2.45) is 0 Å². The van der Waals surface area contributed by atoms with Crippen LogP contribution in [0.1, 0.15) is 37.5 Å². The fourth-order valence-corrected chi connectivity index (χ4v) is 7.72. The van der Waals surface area contributed by atoms with E-state index in [4.69, 9.17) is 9.97 Å². The van der Waals surface area contributed by atoms with Gasteiger partial charge in [-0.3, -0.25) is 0 Å². The van der Waals surface area contributed by atoms with Crippen molar-refractivity contribution in [1.82, 2.24) is 14.5 Å². The smallest absolute Gasteiger partial charge is 0.160 e. The highest BCUT2D eigenvalue weighted by molar-refractivity contribution is 6.11. The number of hydrogen-bond donors (Lipinski definition) is 0. The Morgan fingerprint density at radius 2 is 0.982 bits per heavy atom. The normalized spacial score (nSPS) is 11.4. The summed E-state index contributed by atoms with van der Waals surface area (Å²) >= 11 is 0. The molecule has 2 aromatic heterocycles. The third-order valence-electron chi connectivity index (χ3n) is 10.6. The molecule has 5 heteroatoms. The predicted octanol–water partition coefficient (Wildman–Crippen LogP) is 12.9. The fourth-order valence-electron chi connectivity index (χ4n) is 7.72. The number of fused-ring (bicyclic) bond motifs is 3. The average molecular weight is 732 g/mol. The van der Waals surface area contributed by atoms with E-state index in [-0.39, 0.29) is 5.41 Å². The molecule has 9 aromatic rings. The molecule has 5 nitrogen and oxygen atoms in total. The first kappa shape index (κ1) is 35.1. The van der Waals surface area contributed by atoms with Crippen molar-refractivity contribution in [3.63, 3.8) is 0 Å². The van der Waals surface area contributed by atoms with Crippen molar-refractivity contribution in [3.8, 4) is 74.0 Å². The third kappa shape index (κ3) is 6.52. The number of aromatic nitrogens is 3. The summed E-state index contributed by atoms with van der Waals surface area (Å²) in [5, 5.41) is 22.6. The largest absolute Gasteiger partial charge is 0.308 e. The second kappa shape index (κ2) is 14.2. The molecule has 0 unspecified atom stereocenters. The van der Waals surface area contributed by atoms with Gasteiger partial charge in [-0.05, 0) is 82.8 Å². The van der Waals surface area contributed by atoms with Crippen molar-refractivity contribution in [2.75, 3.05) is 0 Å². The maximum Gasteiger partial charge on any atom is 0.160 e. The standard InChI is InChI=1S/C52H37N5/c1-52(2,3)41-24-25-49-45(30-41)42-22-10-11-23-48(42)57(49)50-43(38-20-12-14-34(26-38)32-53)28-40(29-44(50)39-21-13-15-35(27-39)33-54)47-31-46(36-16-6-4-7-17-36)55-51(56-47)37-18-8-5-9-19-37/h4-31H,1-3H3. The number of nitrogens with zero attached hydrogens (tertiary/aromatic N) is 5. The SMILES string of the molecule is CC(C)(C)c1ccc2c(c1)c1ccccc1n2-c1c(-c2cccc(C#N)c2)cc(-c2cc(-c3ccccc3)nc(-c3ccccc3)n2)cc1-c1cccc(C#N)c1. The Kier molecular flexibility index (Phi) is 8.77. The van der Waals surface area contributed by atoms with Crippen LogP contribution < -0.4 is 0 Å². The summed E-state index contributed by atoms with van der Waals surface area (Å²) in [6.07, 6.45) is 0. The lowest BCUT2D eigenvalue weighted by atomic mass is 9.86. The first-order chi connectivity index (χ1) is 27.8. The molecule has 0 fully saturated rings. The first-order valence-corrected chi connectivity index (χ1v) is 19.0. The van der Waals surface area contributed by atoms with Crippen LogP contribution in [0.25, 0.3) is 83.6 Å². The molecule has 0 saturated carbocycles. The lowest BCUT2D eigenvalue weighted by Crippen LogP contribution is -2.10. The van der Waals surface area contributed by atoms with E-state index in [1.807, 2.05) is 84.9 Å². The molecular formula is C52H37N5. The van der Waals surface area contributed by atoms with Crippen molar-refractivity contribution >= 4 is 21.8 Å². The highest BCUT2D eigenvalue weighted by Gasteiger charge is 2.24. The molecular weight excluding hydrogens is 695 g/mol. The zero-order valence-corrected chi connectivity index (χ0v) is 31.9. The van der Waals surface area contributed by atoms with Gasteiger partial charge in [-0.2, -0.15) is 10.5 Å². The summed E-state index contributed by atoms with van der Waals surface area (Å²) in [7, 11) is 0. The van der Waals surface area contributed by atoms with Crippen LogP contribution in [-0.4, -0.2) is 14.5 Å². The van der Waals surface area contributed by atoms with Gasteiger partial charge in [0.25, 0.3) is 0 Å². The zero-order chi connectivity index (χ0) is 39.1. The van der Waals surface area contributed by atoms with Gasteiger partial charge in [0, 0.05) is 38.6 Å². The van der Waals surface area contributed by atoms with Crippen molar-refractivity contribution in [3.05, 3.63) is 187 Å². The molecule has 270 valence electrons. The van der Waals surface area contributed by atoms with Gasteiger partial charge in [0.2, 0.25) is 0 Å². The topological polar surface area (TPSA) is 78.3 Å². The maximum absolute atomic E-state index is 10.1. The van der Waals surface area contributed by atoms with Crippen molar-refractivity contribution in [2.45, 2.75) is 26.2 Å². The minimum absolute atomic E-state index is 0.0421. The van der Waals surface area contributed by atoms with Crippen molar-refractivity contribution in [1.29, 1.82) is 10.5 Å². The van der Waals surface area contributed by atoms with E-state index in [0.717, 1.165) is 77.8 Å². The highest BCUT2D eigenvalue weighted by atomic mass is 15.0. The van der Waals surface area contributed by atoms with E-state index in [1.165, 1.54) is 5.56 Å². The van der Waals surface area contributed by atoms with E-state index in [9.17, 15) is 10.5 Å². The molecule has 2 heterocycles. The molecule has 0 spiro atoms. The van der Waals surface area contributed by atoms with Crippen LogP contribution in [0.4, 0.5) is 0 Å². The van der Waals surface area contributed by atoms with E-state index in [1.54, 1.807) is 0 Å². The van der Waals surface area contributed by atoms with Crippen LogP contribution in [-0.2, 0) is 5.41 Å². The molecule has 0 amide bonds. The van der Waals surface area contributed by atoms with E-state index < -0.39 is 0 Å². The van der Waals surface area contributed by atoms with E-state index >= 15 is 0 Å². The van der Waals surface area contributed by atoms with Gasteiger partial charge in [0.05, 0.1) is 51.4 Å². The number of para-hydroxylation sites is 1. The summed E-state index contributed by atoms with van der Waals surface area (Å²) < 4.78 is 2.36. The monoisotopic (exact) mass is 731 g/mol. The average Bonchev–Trinajstić information content (AvgIpc) is 3.59. The van der Waals surface area contributed by atoms with E-state index in [2.05, 4.69) is 122 Å². The molecule has 0 aliphatic rings. The number of hydrogen-bond acceptors (Lipinski definition) is 4.